The maximum atomic E-state index is 11.9. The van der Waals surface area contributed by atoms with Crippen LogP contribution in [0.3, 0.4) is 0 Å². The van der Waals surface area contributed by atoms with Crippen molar-refractivity contribution in [3.8, 4) is 11.5 Å². The number of carbonyl (C=O) groups excluding carboxylic acids is 7. The Morgan fingerprint density at radius 1 is 0.441 bits per heavy atom. The molecule has 0 bridgehead atoms. The highest BCUT2D eigenvalue weighted by molar-refractivity contribution is 6.00. The van der Waals surface area contributed by atoms with Crippen molar-refractivity contribution in [2.24, 2.45) is 5.73 Å². The highest BCUT2D eigenvalue weighted by atomic mass is 16.5. The zero-order chi connectivity index (χ0) is 49.4. The molecular formula is C49H52N10O9. The van der Waals surface area contributed by atoms with Gasteiger partial charge in [-0.1, -0.05) is 42.0 Å². The Balaban J connectivity index is 0.000000223. The first-order valence-corrected chi connectivity index (χ1v) is 20.7. The van der Waals surface area contributed by atoms with Gasteiger partial charge in [0.05, 0.1) is 13.7 Å². The Labute approximate surface area is 392 Å². The standard InChI is InChI=1S/C17H18N4O3.2C16H17N3O3/c1-10-3-8-14(9-11(10)2)19-17(24)21-20-16(23)13-6-4-12(5-7-13)15(18)22;1-11-3-7-13(8-4-11)17-16(21)19-18-15(20)12-5-9-14(22-2)10-6-12;1-2-22-14-10-8-12(9-11-14)15(20)18-19-16(21)17-13-6-4-3-5-7-13/h3-9H,1-2H3,(H2,18,22)(H,20,23)(H2,19,21,24);3-10H,1-2H3,(H,18,20)(H2,17,19,21);3-11H,2H2,1H3,(H,18,20)(H2,17,19,21). The Morgan fingerprint density at radius 3 is 1.26 bits per heavy atom. The van der Waals surface area contributed by atoms with Crippen LogP contribution in [-0.4, -0.2) is 55.4 Å². The van der Waals surface area contributed by atoms with Gasteiger partial charge in [-0.05, 0) is 148 Å². The SMILES string of the molecule is CCOc1ccc(C(=O)NNC(=O)Nc2ccccc2)cc1.COc1ccc(C(=O)NNC(=O)Nc2ccc(C)cc2)cc1.Cc1ccc(NC(=O)NNC(=O)c2ccc(C(N)=O)cc2)cc1C. The topological polar surface area (TPSA) is 272 Å². The van der Waals surface area contributed by atoms with Crippen molar-refractivity contribution in [1.29, 1.82) is 0 Å². The summed E-state index contributed by atoms with van der Waals surface area (Å²) in [5, 5.41) is 7.81. The summed E-state index contributed by atoms with van der Waals surface area (Å²) in [6.45, 7) is 8.32. The van der Waals surface area contributed by atoms with E-state index in [9.17, 15) is 33.6 Å². The molecule has 11 N–H and O–H groups in total. The van der Waals surface area contributed by atoms with Crippen molar-refractivity contribution in [3.05, 3.63) is 185 Å². The normalized spacial score (nSPS) is 9.78. The number of primary amides is 1. The predicted octanol–water partition coefficient (Wildman–Crippen LogP) is 6.89. The van der Waals surface area contributed by atoms with E-state index in [0.29, 0.717) is 51.9 Å². The lowest BCUT2D eigenvalue weighted by atomic mass is 10.1. The van der Waals surface area contributed by atoms with Gasteiger partial charge < -0.3 is 31.2 Å². The van der Waals surface area contributed by atoms with Crippen LogP contribution in [-0.2, 0) is 0 Å². The summed E-state index contributed by atoms with van der Waals surface area (Å²) in [6, 6.07) is 39.1. The summed E-state index contributed by atoms with van der Waals surface area (Å²) in [4.78, 5) is 81.7. The fraction of sp³-hybridized carbons (Fsp3) is 0.122. The predicted molar refractivity (Wildman–Crippen MR) is 258 cm³/mol. The zero-order valence-electron chi connectivity index (χ0n) is 37.8. The summed E-state index contributed by atoms with van der Waals surface area (Å²) in [6.07, 6.45) is 0. The lowest BCUT2D eigenvalue weighted by Gasteiger charge is -2.10. The fourth-order valence-electron chi connectivity index (χ4n) is 5.42. The molecule has 0 radical (unpaired) electrons. The quantitative estimate of drug-likeness (QED) is 0.0640. The molecule has 19 nitrogen and oxygen atoms in total. The van der Waals surface area contributed by atoms with Gasteiger partial charge in [-0.2, -0.15) is 0 Å². The molecule has 0 unspecified atom stereocenters. The van der Waals surface area contributed by atoms with Crippen LogP contribution in [0.15, 0.2) is 146 Å². The maximum absolute atomic E-state index is 11.9. The molecule has 0 spiro atoms. The largest absolute Gasteiger partial charge is 0.497 e. The van der Waals surface area contributed by atoms with Crippen molar-refractivity contribution in [2.45, 2.75) is 27.7 Å². The van der Waals surface area contributed by atoms with Gasteiger partial charge in [-0.15, -0.1) is 0 Å². The number of rotatable bonds is 10. The van der Waals surface area contributed by atoms with Gasteiger partial charge in [0.2, 0.25) is 5.91 Å². The third-order valence-electron chi connectivity index (χ3n) is 9.19. The molecule has 6 aromatic rings. The van der Waals surface area contributed by atoms with Gasteiger partial charge in [0, 0.05) is 39.3 Å². The number of ether oxygens (including phenoxy) is 2. The molecule has 352 valence electrons. The number of urea groups is 3. The first-order chi connectivity index (χ1) is 32.6. The van der Waals surface area contributed by atoms with E-state index in [0.717, 1.165) is 16.7 Å². The smallest absolute Gasteiger partial charge is 0.337 e. The van der Waals surface area contributed by atoms with E-state index in [4.69, 9.17) is 15.2 Å². The Morgan fingerprint density at radius 2 is 0.838 bits per heavy atom. The van der Waals surface area contributed by atoms with Gasteiger partial charge >= 0.3 is 18.1 Å². The molecule has 0 saturated carbocycles. The van der Waals surface area contributed by atoms with Crippen molar-refractivity contribution < 1.29 is 43.0 Å². The van der Waals surface area contributed by atoms with Crippen molar-refractivity contribution >= 4 is 58.8 Å². The van der Waals surface area contributed by atoms with E-state index in [1.807, 2.05) is 58.0 Å². The fourth-order valence-corrected chi connectivity index (χ4v) is 5.42. The average molecular weight is 925 g/mol. The van der Waals surface area contributed by atoms with Gasteiger partial charge in [-0.3, -0.25) is 35.5 Å². The van der Waals surface area contributed by atoms with E-state index in [1.165, 1.54) is 24.3 Å². The lowest BCUT2D eigenvalue weighted by Crippen LogP contribution is -2.43. The number of hydrazine groups is 3. The Bertz CT molecular complexity index is 2650. The van der Waals surface area contributed by atoms with Crippen LogP contribution in [0, 0.1) is 20.8 Å². The molecule has 0 saturated heterocycles. The van der Waals surface area contributed by atoms with Gasteiger partial charge in [-0.25, -0.2) is 30.7 Å². The highest BCUT2D eigenvalue weighted by Crippen LogP contribution is 2.15. The first-order valence-electron chi connectivity index (χ1n) is 20.7. The summed E-state index contributed by atoms with van der Waals surface area (Å²) < 4.78 is 10.3. The van der Waals surface area contributed by atoms with Gasteiger partial charge in [0.15, 0.2) is 0 Å². The van der Waals surface area contributed by atoms with Crippen LogP contribution in [0.5, 0.6) is 11.5 Å². The molecule has 0 aliphatic heterocycles. The number of nitrogens with one attached hydrogen (secondary N) is 9. The Kier molecular flexibility index (Phi) is 19.9. The molecule has 19 heteroatoms. The number of carbonyl (C=O) groups is 7. The zero-order valence-corrected chi connectivity index (χ0v) is 37.8. The molecule has 6 rings (SSSR count). The number of amides is 10. The second kappa shape index (κ2) is 26.4. The van der Waals surface area contributed by atoms with Crippen molar-refractivity contribution in [3.63, 3.8) is 0 Å². The average Bonchev–Trinajstić information content (AvgIpc) is 3.34. The maximum Gasteiger partial charge on any atom is 0.337 e. The monoisotopic (exact) mass is 924 g/mol. The summed E-state index contributed by atoms with van der Waals surface area (Å²) in [5.41, 5.74) is 25.5. The summed E-state index contributed by atoms with van der Waals surface area (Å²) in [7, 11) is 1.55. The highest BCUT2D eigenvalue weighted by Gasteiger charge is 2.11. The number of hydrogen-bond acceptors (Lipinski definition) is 9. The van der Waals surface area contributed by atoms with Crippen LogP contribution in [0.25, 0.3) is 0 Å². The van der Waals surface area contributed by atoms with E-state index in [2.05, 4.69) is 48.5 Å². The minimum atomic E-state index is -0.576. The minimum Gasteiger partial charge on any atom is -0.497 e. The molecule has 68 heavy (non-hydrogen) atoms. The third-order valence-corrected chi connectivity index (χ3v) is 9.19. The molecular weight excluding hydrogens is 873 g/mol. The molecule has 0 fully saturated rings. The van der Waals surface area contributed by atoms with Crippen LogP contribution >= 0.6 is 0 Å². The summed E-state index contributed by atoms with van der Waals surface area (Å²) in [5.74, 6) is -0.572. The molecule has 0 aliphatic rings. The number of aryl methyl sites for hydroxylation is 3. The second-order valence-corrected chi connectivity index (χ2v) is 14.3. The second-order valence-electron chi connectivity index (χ2n) is 14.3. The van der Waals surface area contributed by atoms with Gasteiger partial charge in [0.1, 0.15) is 11.5 Å². The third kappa shape index (κ3) is 17.6. The van der Waals surface area contributed by atoms with Gasteiger partial charge in [0.25, 0.3) is 17.7 Å². The molecule has 0 aliphatic carbocycles. The molecule has 0 atom stereocenters. The van der Waals surface area contributed by atoms with Crippen LogP contribution in [0.4, 0.5) is 31.4 Å². The number of nitrogens with two attached hydrogens (primary N) is 1. The number of para-hydroxylation sites is 1. The van der Waals surface area contributed by atoms with Crippen molar-refractivity contribution in [2.75, 3.05) is 29.7 Å². The van der Waals surface area contributed by atoms with E-state index in [-0.39, 0.29) is 5.56 Å². The number of benzene rings is 6. The van der Waals surface area contributed by atoms with Crippen LogP contribution < -0.4 is 63.7 Å². The number of methoxy groups -OCH3 is 1. The number of anilines is 3. The van der Waals surface area contributed by atoms with Crippen molar-refractivity contribution in [1.82, 2.24) is 32.6 Å². The minimum absolute atomic E-state index is 0.284. The molecule has 10 amide bonds. The van der Waals surface area contributed by atoms with Crippen LogP contribution in [0.2, 0.25) is 0 Å². The van der Waals surface area contributed by atoms with E-state index < -0.39 is 41.7 Å². The molecule has 6 aromatic carbocycles. The van der Waals surface area contributed by atoms with E-state index >= 15 is 0 Å². The van der Waals surface area contributed by atoms with Crippen LogP contribution in [0.1, 0.15) is 65.0 Å². The number of hydrogen-bond donors (Lipinski definition) is 10. The van der Waals surface area contributed by atoms with E-state index in [1.54, 1.807) is 98.1 Å². The Hall–Kier alpha value is -9.39. The lowest BCUT2D eigenvalue weighted by molar-refractivity contribution is 0.0931. The summed E-state index contributed by atoms with van der Waals surface area (Å²) >= 11 is 0. The first kappa shape index (κ1) is 51.2. The molecule has 0 aromatic heterocycles. The molecule has 0 heterocycles.